The van der Waals surface area contributed by atoms with E-state index in [4.69, 9.17) is 4.74 Å². The van der Waals surface area contributed by atoms with Gasteiger partial charge in [-0.15, -0.1) is 0 Å². The Hall–Kier alpha value is -2.37. The Morgan fingerprint density at radius 2 is 2.05 bits per heavy atom. The Morgan fingerprint density at radius 3 is 2.59 bits per heavy atom. The van der Waals surface area contributed by atoms with Crippen molar-refractivity contribution >= 4 is 11.7 Å². The standard InChI is InChI=1S/C16H20FN3O2/c1-16(2,3)20-10-11(9-18-20)19-14(15(21)22-4)12-7-5-6-8-13(12)17/h5-10,14,19H,1-4H3/t14-/m0/s1. The number of aromatic nitrogens is 2. The number of nitrogens with zero attached hydrogens (tertiary/aromatic N) is 2. The molecule has 0 unspecified atom stereocenters. The van der Waals surface area contributed by atoms with E-state index >= 15 is 0 Å². The van der Waals surface area contributed by atoms with Gasteiger partial charge in [0.2, 0.25) is 0 Å². The van der Waals surface area contributed by atoms with Crippen molar-refractivity contribution in [1.29, 1.82) is 0 Å². The van der Waals surface area contributed by atoms with Crippen LogP contribution < -0.4 is 5.32 Å². The highest BCUT2D eigenvalue weighted by atomic mass is 19.1. The molecule has 5 nitrogen and oxygen atoms in total. The second kappa shape index (κ2) is 6.17. The minimum absolute atomic E-state index is 0.182. The van der Waals surface area contributed by atoms with E-state index < -0.39 is 17.8 Å². The molecule has 2 aromatic rings. The van der Waals surface area contributed by atoms with E-state index in [1.54, 1.807) is 35.3 Å². The highest BCUT2D eigenvalue weighted by Crippen LogP contribution is 2.24. The number of methoxy groups -OCH3 is 1. The number of rotatable bonds is 4. The number of carbonyl (C=O) groups is 1. The van der Waals surface area contributed by atoms with Crippen LogP contribution in [0.4, 0.5) is 10.1 Å². The van der Waals surface area contributed by atoms with Gasteiger partial charge in [0.05, 0.1) is 24.5 Å². The second-order valence-corrected chi connectivity index (χ2v) is 5.97. The molecular formula is C16H20FN3O2. The molecule has 1 N–H and O–H groups in total. The number of halogens is 1. The summed E-state index contributed by atoms with van der Waals surface area (Å²) >= 11 is 0. The van der Waals surface area contributed by atoms with Gasteiger partial charge in [-0.3, -0.25) is 4.68 Å². The maximum Gasteiger partial charge on any atom is 0.333 e. The van der Waals surface area contributed by atoms with E-state index in [0.717, 1.165) is 0 Å². The summed E-state index contributed by atoms with van der Waals surface area (Å²) in [5.41, 5.74) is 0.671. The molecule has 6 heteroatoms. The first kappa shape index (κ1) is 16.0. The average molecular weight is 305 g/mol. The zero-order valence-corrected chi connectivity index (χ0v) is 13.1. The van der Waals surface area contributed by atoms with Gasteiger partial charge in [-0.1, -0.05) is 18.2 Å². The lowest BCUT2D eigenvalue weighted by molar-refractivity contribution is -0.141. The summed E-state index contributed by atoms with van der Waals surface area (Å²) in [6.45, 7) is 6.04. The van der Waals surface area contributed by atoms with Crippen LogP contribution in [0.15, 0.2) is 36.7 Å². The Labute approximate surface area is 129 Å². The summed E-state index contributed by atoms with van der Waals surface area (Å²) in [4.78, 5) is 12.0. The van der Waals surface area contributed by atoms with E-state index in [0.29, 0.717) is 5.69 Å². The first-order valence-electron chi connectivity index (χ1n) is 6.97. The predicted molar refractivity (Wildman–Crippen MR) is 82.0 cm³/mol. The van der Waals surface area contributed by atoms with E-state index in [2.05, 4.69) is 10.4 Å². The quantitative estimate of drug-likeness (QED) is 0.882. The molecule has 0 fully saturated rings. The van der Waals surface area contributed by atoms with Crippen molar-refractivity contribution < 1.29 is 13.9 Å². The highest BCUT2D eigenvalue weighted by Gasteiger charge is 2.25. The number of hydrogen-bond donors (Lipinski definition) is 1. The number of nitrogens with one attached hydrogen (secondary N) is 1. The summed E-state index contributed by atoms with van der Waals surface area (Å²) < 4.78 is 20.5. The number of ether oxygens (including phenoxy) is 1. The molecule has 0 spiro atoms. The lowest BCUT2D eigenvalue weighted by atomic mass is 10.1. The Kier molecular flexibility index (Phi) is 4.49. The van der Waals surface area contributed by atoms with Crippen LogP contribution in [0.2, 0.25) is 0 Å². The average Bonchev–Trinajstić information content (AvgIpc) is 2.93. The minimum atomic E-state index is -0.927. The van der Waals surface area contributed by atoms with Crippen molar-refractivity contribution in [1.82, 2.24) is 9.78 Å². The van der Waals surface area contributed by atoms with Crippen LogP contribution in [0.3, 0.4) is 0 Å². The zero-order valence-electron chi connectivity index (χ0n) is 13.1. The van der Waals surface area contributed by atoms with Crippen molar-refractivity contribution in [2.24, 2.45) is 0 Å². The molecule has 0 bridgehead atoms. The van der Waals surface area contributed by atoms with Crippen LogP contribution in [0.5, 0.6) is 0 Å². The molecular weight excluding hydrogens is 285 g/mol. The largest absolute Gasteiger partial charge is 0.467 e. The van der Waals surface area contributed by atoms with E-state index in [1.165, 1.54) is 13.2 Å². The maximum absolute atomic E-state index is 14.0. The van der Waals surface area contributed by atoms with Crippen molar-refractivity contribution in [3.05, 3.63) is 48.0 Å². The van der Waals surface area contributed by atoms with Gasteiger partial charge in [0, 0.05) is 11.8 Å². The Balaban J connectivity index is 2.30. The third-order valence-electron chi connectivity index (χ3n) is 3.23. The topological polar surface area (TPSA) is 56.1 Å². The number of anilines is 1. The molecule has 1 aromatic heterocycles. The SMILES string of the molecule is COC(=O)[C@@H](Nc1cnn(C(C)(C)C)c1)c1ccccc1F. The fourth-order valence-corrected chi connectivity index (χ4v) is 2.02. The molecule has 118 valence electrons. The van der Waals surface area contributed by atoms with Gasteiger partial charge in [-0.2, -0.15) is 5.10 Å². The van der Waals surface area contributed by atoms with Crippen LogP contribution in [-0.4, -0.2) is 22.9 Å². The van der Waals surface area contributed by atoms with Gasteiger partial charge in [-0.05, 0) is 26.8 Å². The molecule has 0 saturated carbocycles. The van der Waals surface area contributed by atoms with Gasteiger partial charge in [0.15, 0.2) is 6.04 Å². The van der Waals surface area contributed by atoms with Gasteiger partial charge >= 0.3 is 5.97 Å². The number of carbonyl (C=O) groups excluding carboxylic acids is 1. The van der Waals surface area contributed by atoms with Crippen molar-refractivity contribution in [2.75, 3.05) is 12.4 Å². The summed E-state index contributed by atoms with van der Waals surface area (Å²) in [7, 11) is 1.27. The van der Waals surface area contributed by atoms with Crippen LogP contribution in [-0.2, 0) is 15.1 Å². The smallest absolute Gasteiger partial charge is 0.333 e. The second-order valence-electron chi connectivity index (χ2n) is 5.97. The zero-order chi connectivity index (χ0) is 16.3. The maximum atomic E-state index is 14.0. The van der Waals surface area contributed by atoms with E-state index in [-0.39, 0.29) is 11.1 Å². The molecule has 1 atom stereocenters. The monoisotopic (exact) mass is 305 g/mol. The fraction of sp³-hybridized carbons (Fsp3) is 0.375. The summed E-state index contributed by atoms with van der Waals surface area (Å²) in [6, 6.07) is 5.19. The molecule has 0 aliphatic rings. The number of benzene rings is 1. The van der Waals surface area contributed by atoms with Crippen LogP contribution in [0.25, 0.3) is 0 Å². The minimum Gasteiger partial charge on any atom is -0.467 e. The molecule has 0 saturated heterocycles. The lowest BCUT2D eigenvalue weighted by Crippen LogP contribution is -2.24. The summed E-state index contributed by atoms with van der Waals surface area (Å²) in [5, 5.41) is 7.23. The van der Waals surface area contributed by atoms with Gasteiger partial charge < -0.3 is 10.1 Å². The Bertz CT molecular complexity index is 661. The predicted octanol–water partition coefficient (Wildman–Crippen LogP) is 3.10. The Morgan fingerprint density at radius 1 is 1.36 bits per heavy atom. The highest BCUT2D eigenvalue weighted by molar-refractivity contribution is 5.81. The number of hydrogen-bond acceptors (Lipinski definition) is 4. The first-order valence-corrected chi connectivity index (χ1v) is 6.97. The fourth-order valence-electron chi connectivity index (χ4n) is 2.02. The van der Waals surface area contributed by atoms with Crippen LogP contribution in [0.1, 0.15) is 32.4 Å². The van der Waals surface area contributed by atoms with Gasteiger partial charge in [-0.25, -0.2) is 9.18 Å². The number of esters is 1. The molecule has 0 aliphatic carbocycles. The van der Waals surface area contributed by atoms with E-state index in [9.17, 15) is 9.18 Å². The van der Waals surface area contributed by atoms with Crippen molar-refractivity contribution in [3.63, 3.8) is 0 Å². The van der Waals surface area contributed by atoms with Gasteiger partial charge in [0.25, 0.3) is 0 Å². The normalized spacial score (nSPS) is 12.8. The molecule has 0 aliphatic heterocycles. The first-order chi connectivity index (χ1) is 10.3. The molecule has 22 heavy (non-hydrogen) atoms. The third kappa shape index (κ3) is 3.44. The lowest BCUT2D eigenvalue weighted by Gasteiger charge is -2.19. The summed E-state index contributed by atoms with van der Waals surface area (Å²) in [6.07, 6.45) is 3.37. The van der Waals surface area contributed by atoms with Crippen molar-refractivity contribution in [3.8, 4) is 0 Å². The van der Waals surface area contributed by atoms with Gasteiger partial charge in [0.1, 0.15) is 5.82 Å². The van der Waals surface area contributed by atoms with E-state index in [1.807, 2.05) is 20.8 Å². The molecule has 0 radical (unpaired) electrons. The van der Waals surface area contributed by atoms with Crippen LogP contribution >= 0.6 is 0 Å². The molecule has 1 aromatic carbocycles. The molecule has 2 rings (SSSR count). The third-order valence-corrected chi connectivity index (χ3v) is 3.23. The van der Waals surface area contributed by atoms with Crippen molar-refractivity contribution in [2.45, 2.75) is 32.4 Å². The summed E-state index contributed by atoms with van der Waals surface area (Å²) in [5.74, 6) is -1.03. The van der Waals surface area contributed by atoms with Crippen LogP contribution in [0, 0.1) is 5.82 Å². The molecule has 1 heterocycles. The molecule has 0 amide bonds.